The van der Waals surface area contributed by atoms with Crippen molar-refractivity contribution in [3.8, 4) is 0 Å². The van der Waals surface area contributed by atoms with E-state index < -0.39 is 0 Å². The third-order valence-corrected chi connectivity index (χ3v) is 4.59. The first-order valence-electron chi connectivity index (χ1n) is 7.61. The van der Waals surface area contributed by atoms with Crippen molar-refractivity contribution in [2.24, 2.45) is 17.8 Å². The number of likely N-dealkylation sites (tertiary alicyclic amines) is 1. The highest BCUT2D eigenvalue weighted by Gasteiger charge is 2.28. The summed E-state index contributed by atoms with van der Waals surface area (Å²) in [6, 6.07) is 0. The lowest BCUT2D eigenvalue weighted by molar-refractivity contribution is -0.147. The number of nitrogens with zero attached hydrogens (tertiary/aromatic N) is 1. The summed E-state index contributed by atoms with van der Waals surface area (Å²) >= 11 is 0. The summed E-state index contributed by atoms with van der Waals surface area (Å²) < 4.78 is 5.51. The Balaban J connectivity index is 1.76. The van der Waals surface area contributed by atoms with Crippen LogP contribution in [0.25, 0.3) is 0 Å². The zero-order chi connectivity index (χ0) is 13.8. The van der Waals surface area contributed by atoms with Crippen LogP contribution in [-0.4, -0.2) is 37.1 Å². The van der Waals surface area contributed by atoms with Gasteiger partial charge in [-0.15, -0.1) is 0 Å². The summed E-state index contributed by atoms with van der Waals surface area (Å²) in [4.78, 5) is 14.0. The topological polar surface area (TPSA) is 29.5 Å². The minimum Gasteiger partial charge on any atom is -0.464 e. The molecule has 1 fully saturated rings. The quantitative estimate of drug-likeness (QED) is 0.578. The van der Waals surface area contributed by atoms with Crippen molar-refractivity contribution in [3.05, 3.63) is 11.6 Å². The molecule has 2 aliphatic rings. The van der Waals surface area contributed by atoms with E-state index in [-0.39, 0.29) is 5.97 Å². The number of hydrogen-bond acceptors (Lipinski definition) is 3. The van der Waals surface area contributed by atoms with Crippen molar-refractivity contribution < 1.29 is 9.53 Å². The molecular weight excluding hydrogens is 238 g/mol. The minimum absolute atomic E-state index is 0.0485. The highest BCUT2D eigenvalue weighted by Crippen LogP contribution is 2.33. The lowest BCUT2D eigenvalue weighted by Gasteiger charge is -2.32. The summed E-state index contributed by atoms with van der Waals surface area (Å²) in [6.07, 6.45) is 5.90. The van der Waals surface area contributed by atoms with Crippen LogP contribution in [0.1, 0.15) is 40.0 Å². The molecular formula is C16H27NO2. The molecule has 0 amide bonds. The van der Waals surface area contributed by atoms with Gasteiger partial charge in [0, 0.05) is 5.92 Å². The predicted octanol–water partition coefficient (Wildman–Crippen LogP) is 2.86. The van der Waals surface area contributed by atoms with Gasteiger partial charge in [0.25, 0.3) is 0 Å². The summed E-state index contributed by atoms with van der Waals surface area (Å²) in [5.41, 5.74) is 1.47. The fourth-order valence-electron chi connectivity index (χ4n) is 3.49. The SMILES string of the molecule is CC1=CC(C)C(COC(=O)CN2CCCC2)C(C)C1. The molecule has 1 aliphatic heterocycles. The van der Waals surface area contributed by atoms with Gasteiger partial charge in [0.15, 0.2) is 0 Å². The Morgan fingerprint density at radius 2 is 2.05 bits per heavy atom. The van der Waals surface area contributed by atoms with Crippen molar-refractivity contribution in [1.29, 1.82) is 0 Å². The fraction of sp³-hybridized carbons (Fsp3) is 0.812. The molecule has 3 unspecified atom stereocenters. The van der Waals surface area contributed by atoms with E-state index in [0.717, 1.165) is 19.5 Å². The normalized spacial score (nSPS) is 32.2. The third kappa shape index (κ3) is 4.07. The Hall–Kier alpha value is -0.830. The van der Waals surface area contributed by atoms with Gasteiger partial charge in [0.2, 0.25) is 0 Å². The molecule has 1 saturated heterocycles. The van der Waals surface area contributed by atoms with Crippen LogP contribution < -0.4 is 0 Å². The number of carbonyl (C=O) groups excluding carboxylic acids is 1. The van der Waals surface area contributed by atoms with Crippen molar-refractivity contribution in [1.82, 2.24) is 4.90 Å². The van der Waals surface area contributed by atoms with E-state index >= 15 is 0 Å². The molecule has 108 valence electrons. The second-order valence-electron chi connectivity index (χ2n) is 6.38. The second-order valence-corrected chi connectivity index (χ2v) is 6.38. The van der Waals surface area contributed by atoms with Gasteiger partial charge in [0.1, 0.15) is 0 Å². The highest BCUT2D eigenvalue weighted by atomic mass is 16.5. The Morgan fingerprint density at radius 3 is 2.68 bits per heavy atom. The van der Waals surface area contributed by atoms with Crippen molar-refractivity contribution in [3.63, 3.8) is 0 Å². The number of ether oxygens (including phenoxy) is 1. The molecule has 0 N–H and O–H groups in total. The molecule has 19 heavy (non-hydrogen) atoms. The van der Waals surface area contributed by atoms with Crippen LogP contribution in [0, 0.1) is 17.8 Å². The van der Waals surface area contributed by atoms with E-state index in [0.29, 0.717) is 30.9 Å². The maximum absolute atomic E-state index is 11.8. The van der Waals surface area contributed by atoms with Gasteiger partial charge in [-0.2, -0.15) is 0 Å². The maximum atomic E-state index is 11.8. The molecule has 0 spiro atoms. The van der Waals surface area contributed by atoms with Gasteiger partial charge < -0.3 is 4.74 Å². The standard InChI is InChI=1S/C16H27NO2/c1-12-8-13(2)15(14(3)9-12)11-19-16(18)10-17-6-4-5-7-17/h8,13-15H,4-7,9-11H2,1-3H3. The molecule has 3 atom stereocenters. The van der Waals surface area contributed by atoms with E-state index in [1.165, 1.54) is 18.4 Å². The van der Waals surface area contributed by atoms with E-state index in [9.17, 15) is 4.79 Å². The van der Waals surface area contributed by atoms with Gasteiger partial charge >= 0.3 is 5.97 Å². The molecule has 3 nitrogen and oxygen atoms in total. The van der Waals surface area contributed by atoms with Crippen LogP contribution in [0.3, 0.4) is 0 Å². The van der Waals surface area contributed by atoms with Crippen LogP contribution in [-0.2, 0) is 9.53 Å². The lowest BCUT2D eigenvalue weighted by Crippen LogP contribution is -2.32. The molecule has 3 heteroatoms. The molecule has 0 aromatic carbocycles. The Bertz CT molecular complexity index is 345. The van der Waals surface area contributed by atoms with Crippen LogP contribution in [0.2, 0.25) is 0 Å². The Morgan fingerprint density at radius 1 is 1.37 bits per heavy atom. The first kappa shape index (κ1) is 14.6. The molecule has 1 aliphatic carbocycles. The van der Waals surface area contributed by atoms with Crippen LogP contribution >= 0.6 is 0 Å². The molecule has 1 heterocycles. The summed E-state index contributed by atoms with van der Waals surface area (Å²) in [5.74, 6) is 1.56. The van der Waals surface area contributed by atoms with Crippen molar-refractivity contribution >= 4 is 5.97 Å². The fourth-order valence-corrected chi connectivity index (χ4v) is 3.49. The Labute approximate surface area is 117 Å². The van der Waals surface area contributed by atoms with E-state index in [1.54, 1.807) is 0 Å². The summed E-state index contributed by atoms with van der Waals surface area (Å²) in [5, 5.41) is 0. The zero-order valence-electron chi connectivity index (χ0n) is 12.5. The third-order valence-electron chi connectivity index (χ3n) is 4.59. The van der Waals surface area contributed by atoms with Gasteiger partial charge in [0.05, 0.1) is 13.2 Å². The van der Waals surface area contributed by atoms with Crippen molar-refractivity contribution in [2.75, 3.05) is 26.2 Å². The number of carbonyl (C=O) groups is 1. The van der Waals surface area contributed by atoms with Gasteiger partial charge in [-0.25, -0.2) is 0 Å². The number of allylic oxidation sites excluding steroid dienone is 2. The van der Waals surface area contributed by atoms with E-state index in [2.05, 4.69) is 31.7 Å². The molecule has 0 radical (unpaired) electrons. The Kier molecular flexibility index (Phi) is 5.03. The first-order chi connectivity index (χ1) is 9.06. The monoisotopic (exact) mass is 265 g/mol. The van der Waals surface area contributed by atoms with E-state index in [1.807, 2.05) is 0 Å². The van der Waals surface area contributed by atoms with Crippen LogP contribution in [0.15, 0.2) is 11.6 Å². The van der Waals surface area contributed by atoms with E-state index in [4.69, 9.17) is 4.74 Å². The number of esters is 1. The number of hydrogen-bond donors (Lipinski definition) is 0. The van der Waals surface area contributed by atoms with Gasteiger partial charge in [-0.3, -0.25) is 9.69 Å². The predicted molar refractivity (Wildman–Crippen MR) is 76.8 cm³/mol. The molecule has 0 saturated carbocycles. The summed E-state index contributed by atoms with van der Waals surface area (Å²) in [6.45, 7) is 9.86. The maximum Gasteiger partial charge on any atom is 0.320 e. The van der Waals surface area contributed by atoms with Crippen LogP contribution in [0.5, 0.6) is 0 Å². The average molecular weight is 265 g/mol. The molecule has 0 aromatic rings. The average Bonchev–Trinajstić information content (AvgIpc) is 2.80. The molecule has 2 rings (SSSR count). The second kappa shape index (κ2) is 6.56. The van der Waals surface area contributed by atoms with Crippen molar-refractivity contribution in [2.45, 2.75) is 40.0 Å². The minimum atomic E-state index is -0.0485. The zero-order valence-corrected chi connectivity index (χ0v) is 12.5. The van der Waals surface area contributed by atoms with Crippen LogP contribution in [0.4, 0.5) is 0 Å². The largest absolute Gasteiger partial charge is 0.464 e. The number of rotatable bonds is 4. The molecule has 0 aromatic heterocycles. The lowest BCUT2D eigenvalue weighted by atomic mass is 9.75. The van der Waals surface area contributed by atoms with Gasteiger partial charge in [-0.05, 0) is 51.1 Å². The smallest absolute Gasteiger partial charge is 0.320 e. The highest BCUT2D eigenvalue weighted by molar-refractivity contribution is 5.71. The molecule has 0 bridgehead atoms. The summed E-state index contributed by atoms with van der Waals surface area (Å²) in [7, 11) is 0. The van der Waals surface area contributed by atoms with Gasteiger partial charge in [-0.1, -0.05) is 25.5 Å². The first-order valence-corrected chi connectivity index (χ1v) is 7.61.